The van der Waals surface area contributed by atoms with Gasteiger partial charge >= 0.3 is 0 Å². The quantitative estimate of drug-likeness (QED) is 0.797. The van der Waals surface area contributed by atoms with Crippen molar-refractivity contribution in [1.82, 2.24) is 0 Å². The first kappa shape index (κ1) is 16.0. The summed E-state index contributed by atoms with van der Waals surface area (Å²) in [6, 6.07) is 6.21. The molecule has 0 heterocycles. The minimum Gasteiger partial charge on any atom is -0.494 e. The molecule has 1 aromatic carbocycles. The molecule has 19 heavy (non-hydrogen) atoms. The van der Waals surface area contributed by atoms with E-state index >= 15 is 0 Å². The van der Waals surface area contributed by atoms with E-state index in [1.807, 2.05) is 19.1 Å². The van der Waals surface area contributed by atoms with Crippen molar-refractivity contribution in [2.45, 2.75) is 52.1 Å². The Balaban J connectivity index is 2.94. The molecule has 0 amide bonds. The van der Waals surface area contributed by atoms with Gasteiger partial charge < -0.3 is 14.9 Å². The second kappa shape index (κ2) is 7.51. The highest BCUT2D eigenvalue weighted by Gasteiger charge is 2.15. The van der Waals surface area contributed by atoms with Crippen molar-refractivity contribution < 1.29 is 14.9 Å². The highest BCUT2D eigenvalue weighted by molar-refractivity contribution is 5.40. The maximum atomic E-state index is 9.53. The Morgan fingerprint density at radius 3 is 2.42 bits per heavy atom. The second-order valence-corrected chi connectivity index (χ2v) is 5.36. The van der Waals surface area contributed by atoms with Crippen LogP contribution in [0.1, 0.15) is 57.1 Å². The standard InChI is InChI=1S/C16H26O3/c1-5-19-16-7-6-13(9-15(16)11(2)3)12(4)8-14(18)10-17/h6-7,9,11-12,14,17-18H,5,8,10H2,1-4H3. The lowest BCUT2D eigenvalue weighted by Crippen LogP contribution is -2.15. The number of ether oxygens (including phenoxy) is 1. The predicted octanol–water partition coefficient (Wildman–Crippen LogP) is 3.06. The van der Waals surface area contributed by atoms with Crippen molar-refractivity contribution in [2.75, 3.05) is 13.2 Å². The van der Waals surface area contributed by atoms with E-state index in [0.717, 1.165) is 5.75 Å². The van der Waals surface area contributed by atoms with E-state index in [-0.39, 0.29) is 12.5 Å². The highest BCUT2D eigenvalue weighted by Crippen LogP contribution is 2.31. The minimum absolute atomic E-state index is 0.182. The van der Waals surface area contributed by atoms with Gasteiger partial charge in [-0.2, -0.15) is 0 Å². The van der Waals surface area contributed by atoms with Crippen LogP contribution in [0.5, 0.6) is 5.75 Å². The summed E-state index contributed by atoms with van der Waals surface area (Å²) in [7, 11) is 0. The summed E-state index contributed by atoms with van der Waals surface area (Å²) in [6.45, 7) is 8.83. The fourth-order valence-corrected chi connectivity index (χ4v) is 2.23. The summed E-state index contributed by atoms with van der Waals surface area (Å²) in [4.78, 5) is 0. The van der Waals surface area contributed by atoms with Gasteiger partial charge in [-0.15, -0.1) is 0 Å². The number of aliphatic hydroxyl groups excluding tert-OH is 2. The lowest BCUT2D eigenvalue weighted by molar-refractivity contribution is 0.0835. The van der Waals surface area contributed by atoms with Crippen LogP contribution in [0.3, 0.4) is 0 Å². The van der Waals surface area contributed by atoms with Crippen LogP contribution in [0.25, 0.3) is 0 Å². The number of hydrogen-bond acceptors (Lipinski definition) is 3. The number of aliphatic hydroxyl groups is 2. The second-order valence-electron chi connectivity index (χ2n) is 5.36. The molecule has 0 fully saturated rings. The van der Waals surface area contributed by atoms with Crippen LogP contribution in [0.4, 0.5) is 0 Å². The van der Waals surface area contributed by atoms with E-state index in [2.05, 4.69) is 26.8 Å². The Bertz CT molecular complexity index is 388. The molecule has 0 aromatic heterocycles. The van der Waals surface area contributed by atoms with Crippen molar-refractivity contribution in [3.8, 4) is 5.75 Å². The highest BCUT2D eigenvalue weighted by atomic mass is 16.5. The third kappa shape index (κ3) is 4.51. The van der Waals surface area contributed by atoms with E-state index in [4.69, 9.17) is 9.84 Å². The number of rotatable bonds is 7. The summed E-state index contributed by atoms with van der Waals surface area (Å²) in [5.41, 5.74) is 2.38. The molecule has 1 aromatic rings. The van der Waals surface area contributed by atoms with Crippen molar-refractivity contribution in [2.24, 2.45) is 0 Å². The molecule has 0 saturated heterocycles. The third-order valence-electron chi connectivity index (χ3n) is 3.36. The molecule has 0 bridgehead atoms. The molecule has 1 rings (SSSR count). The first-order chi connectivity index (χ1) is 8.99. The monoisotopic (exact) mass is 266 g/mol. The van der Waals surface area contributed by atoms with Gasteiger partial charge in [0.05, 0.1) is 19.3 Å². The van der Waals surface area contributed by atoms with Gasteiger partial charge in [-0.05, 0) is 42.4 Å². The summed E-state index contributed by atoms with van der Waals surface area (Å²) in [5, 5.41) is 18.4. The molecule has 3 nitrogen and oxygen atoms in total. The third-order valence-corrected chi connectivity index (χ3v) is 3.36. The zero-order valence-electron chi connectivity index (χ0n) is 12.4. The SMILES string of the molecule is CCOc1ccc(C(C)CC(O)CO)cc1C(C)C. The first-order valence-corrected chi connectivity index (χ1v) is 7.05. The summed E-state index contributed by atoms with van der Waals surface area (Å²) >= 11 is 0. The molecule has 0 saturated carbocycles. The molecule has 108 valence electrons. The van der Waals surface area contributed by atoms with Gasteiger partial charge in [-0.25, -0.2) is 0 Å². The Morgan fingerprint density at radius 1 is 1.21 bits per heavy atom. The smallest absolute Gasteiger partial charge is 0.122 e. The molecule has 2 unspecified atom stereocenters. The summed E-state index contributed by atoms with van der Waals surface area (Å²) in [6.07, 6.45) is -0.0776. The fraction of sp³-hybridized carbons (Fsp3) is 0.625. The van der Waals surface area contributed by atoms with Gasteiger partial charge in [-0.3, -0.25) is 0 Å². The lowest BCUT2D eigenvalue weighted by atomic mass is 9.91. The number of hydrogen-bond donors (Lipinski definition) is 2. The molecule has 2 atom stereocenters. The van der Waals surface area contributed by atoms with E-state index in [1.165, 1.54) is 11.1 Å². The molecule has 0 aliphatic carbocycles. The molecule has 2 N–H and O–H groups in total. The molecular formula is C16H26O3. The van der Waals surface area contributed by atoms with E-state index in [1.54, 1.807) is 0 Å². The van der Waals surface area contributed by atoms with E-state index < -0.39 is 6.10 Å². The van der Waals surface area contributed by atoms with Crippen LogP contribution in [0.15, 0.2) is 18.2 Å². The molecule has 0 spiro atoms. The van der Waals surface area contributed by atoms with Crippen molar-refractivity contribution in [1.29, 1.82) is 0 Å². The fourth-order valence-electron chi connectivity index (χ4n) is 2.23. The van der Waals surface area contributed by atoms with Crippen molar-refractivity contribution >= 4 is 0 Å². The predicted molar refractivity (Wildman–Crippen MR) is 77.8 cm³/mol. The number of benzene rings is 1. The van der Waals surface area contributed by atoms with Gasteiger partial charge in [0.25, 0.3) is 0 Å². The van der Waals surface area contributed by atoms with Crippen LogP contribution < -0.4 is 4.74 Å². The van der Waals surface area contributed by atoms with Crippen LogP contribution in [-0.2, 0) is 0 Å². The topological polar surface area (TPSA) is 49.7 Å². The van der Waals surface area contributed by atoms with Crippen LogP contribution in [0, 0.1) is 0 Å². The summed E-state index contributed by atoms with van der Waals surface area (Å²) in [5.74, 6) is 1.56. The van der Waals surface area contributed by atoms with E-state index in [9.17, 15) is 5.11 Å². The lowest BCUT2D eigenvalue weighted by Gasteiger charge is -2.19. The molecule has 0 radical (unpaired) electrons. The summed E-state index contributed by atoms with van der Waals surface area (Å²) < 4.78 is 5.65. The maximum absolute atomic E-state index is 9.53. The minimum atomic E-state index is -0.649. The Kier molecular flexibility index (Phi) is 6.32. The molecule has 3 heteroatoms. The van der Waals surface area contributed by atoms with Crippen LogP contribution in [-0.4, -0.2) is 29.5 Å². The normalized spacial score (nSPS) is 14.5. The Labute approximate surface area is 116 Å². The van der Waals surface area contributed by atoms with Gasteiger partial charge in [0, 0.05) is 0 Å². The van der Waals surface area contributed by atoms with E-state index in [0.29, 0.717) is 18.9 Å². The van der Waals surface area contributed by atoms with Crippen molar-refractivity contribution in [3.05, 3.63) is 29.3 Å². The first-order valence-electron chi connectivity index (χ1n) is 7.05. The largest absolute Gasteiger partial charge is 0.494 e. The molecule has 0 aliphatic rings. The zero-order chi connectivity index (χ0) is 14.4. The average molecular weight is 266 g/mol. The zero-order valence-corrected chi connectivity index (χ0v) is 12.4. The van der Waals surface area contributed by atoms with Gasteiger partial charge in [0.2, 0.25) is 0 Å². The maximum Gasteiger partial charge on any atom is 0.122 e. The Morgan fingerprint density at radius 2 is 1.89 bits per heavy atom. The van der Waals surface area contributed by atoms with Crippen LogP contribution >= 0.6 is 0 Å². The van der Waals surface area contributed by atoms with Gasteiger partial charge in [0.15, 0.2) is 0 Å². The van der Waals surface area contributed by atoms with Crippen molar-refractivity contribution in [3.63, 3.8) is 0 Å². The average Bonchev–Trinajstić information content (AvgIpc) is 2.38. The molecular weight excluding hydrogens is 240 g/mol. The van der Waals surface area contributed by atoms with Gasteiger partial charge in [-0.1, -0.05) is 32.9 Å². The molecule has 0 aliphatic heterocycles. The Hall–Kier alpha value is -1.06. The van der Waals surface area contributed by atoms with Crippen LogP contribution in [0.2, 0.25) is 0 Å². The van der Waals surface area contributed by atoms with Gasteiger partial charge in [0.1, 0.15) is 5.75 Å².